The third-order valence-corrected chi connectivity index (χ3v) is 6.28. The minimum atomic E-state index is -0.361. The van der Waals surface area contributed by atoms with E-state index in [9.17, 15) is 4.79 Å². The predicted octanol–water partition coefficient (Wildman–Crippen LogP) is 6.22. The molecule has 1 amide bonds. The van der Waals surface area contributed by atoms with Crippen LogP contribution < -0.4 is 11.1 Å². The van der Waals surface area contributed by atoms with Crippen molar-refractivity contribution < 1.29 is 4.79 Å². The molecule has 186 valence electrons. The number of benzene rings is 3. The average molecular weight is 491 g/mol. The fourth-order valence-electron chi connectivity index (χ4n) is 4.42. The summed E-state index contributed by atoms with van der Waals surface area (Å²) in [4.78, 5) is 23.0. The van der Waals surface area contributed by atoms with E-state index in [0.717, 1.165) is 16.7 Å². The van der Waals surface area contributed by atoms with Crippen LogP contribution in [0.5, 0.6) is 0 Å². The van der Waals surface area contributed by atoms with Crippen LogP contribution in [-0.2, 0) is 5.41 Å². The highest BCUT2D eigenvalue weighted by Crippen LogP contribution is 2.29. The van der Waals surface area contributed by atoms with Gasteiger partial charge in [0.05, 0.1) is 17.2 Å². The van der Waals surface area contributed by atoms with Gasteiger partial charge in [0.1, 0.15) is 16.9 Å². The van der Waals surface area contributed by atoms with Gasteiger partial charge in [0.2, 0.25) is 0 Å². The standard InChI is InChI=1S/C30H30N6O/c1-18-14-19(2)16-22(15-18)33-29(37)25-26-28(35-24-9-7-6-8-23(24)34-26)36(27(25)31)32-17-20-10-12-21(13-11-20)30(3,4)5/h6-17H,31H2,1-5H3,(H,33,37)/b32-17+. The summed E-state index contributed by atoms with van der Waals surface area (Å²) < 4.78 is 1.49. The highest BCUT2D eigenvalue weighted by molar-refractivity contribution is 6.16. The molecule has 7 nitrogen and oxygen atoms in total. The van der Waals surface area contributed by atoms with E-state index in [1.807, 2.05) is 62.4 Å². The quantitative estimate of drug-likeness (QED) is 0.292. The Morgan fingerprint density at radius 2 is 1.57 bits per heavy atom. The molecule has 2 heterocycles. The third kappa shape index (κ3) is 4.80. The van der Waals surface area contributed by atoms with Crippen LogP contribution in [0, 0.1) is 13.8 Å². The maximum Gasteiger partial charge on any atom is 0.261 e. The number of aromatic nitrogens is 3. The van der Waals surface area contributed by atoms with E-state index in [1.54, 1.807) is 6.21 Å². The second-order valence-corrected chi connectivity index (χ2v) is 10.4. The molecular weight excluding hydrogens is 460 g/mol. The van der Waals surface area contributed by atoms with Crippen LogP contribution in [0.1, 0.15) is 53.4 Å². The first-order valence-electron chi connectivity index (χ1n) is 12.2. The molecule has 37 heavy (non-hydrogen) atoms. The number of nitrogens with two attached hydrogens (primary N) is 1. The summed E-state index contributed by atoms with van der Waals surface area (Å²) in [5.74, 6) is -0.185. The largest absolute Gasteiger partial charge is 0.383 e. The fourth-order valence-corrected chi connectivity index (χ4v) is 4.42. The Balaban J connectivity index is 1.61. The van der Waals surface area contributed by atoms with Crippen molar-refractivity contribution in [1.82, 2.24) is 14.6 Å². The number of fused-ring (bicyclic) bond motifs is 2. The number of carbonyl (C=O) groups excluding carboxylic acids is 1. The number of nitrogens with zero attached hydrogens (tertiary/aromatic N) is 4. The van der Waals surface area contributed by atoms with Crippen molar-refractivity contribution in [2.75, 3.05) is 11.1 Å². The average Bonchev–Trinajstić information content (AvgIpc) is 3.10. The highest BCUT2D eigenvalue weighted by Gasteiger charge is 2.24. The van der Waals surface area contributed by atoms with E-state index in [-0.39, 0.29) is 22.7 Å². The molecule has 0 aliphatic heterocycles. The van der Waals surface area contributed by atoms with Crippen LogP contribution >= 0.6 is 0 Å². The number of hydrogen-bond donors (Lipinski definition) is 2. The van der Waals surface area contributed by atoms with Crippen LogP contribution in [0.2, 0.25) is 0 Å². The topological polar surface area (TPSA) is 98.2 Å². The molecule has 0 aliphatic carbocycles. The number of nitrogens with one attached hydrogen (secondary N) is 1. The SMILES string of the molecule is Cc1cc(C)cc(NC(=O)c2c(N)n(/N=C/c3ccc(C(C)(C)C)cc3)c3nc4ccccc4nc23)c1. The molecule has 3 aromatic carbocycles. The van der Waals surface area contributed by atoms with Gasteiger partial charge in [0.25, 0.3) is 5.91 Å². The number of aryl methyl sites for hydroxylation is 2. The van der Waals surface area contributed by atoms with Gasteiger partial charge in [-0.05, 0) is 65.8 Å². The highest BCUT2D eigenvalue weighted by atomic mass is 16.1. The monoisotopic (exact) mass is 490 g/mol. The zero-order chi connectivity index (χ0) is 26.3. The van der Waals surface area contributed by atoms with Crippen LogP contribution in [0.25, 0.3) is 22.2 Å². The Morgan fingerprint density at radius 1 is 0.946 bits per heavy atom. The molecule has 5 aromatic rings. The van der Waals surface area contributed by atoms with Crippen molar-refractivity contribution in [3.05, 3.63) is 94.5 Å². The molecule has 3 N–H and O–H groups in total. The zero-order valence-electron chi connectivity index (χ0n) is 21.7. The maximum absolute atomic E-state index is 13.5. The summed E-state index contributed by atoms with van der Waals surface area (Å²) in [6.07, 6.45) is 1.71. The van der Waals surface area contributed by atoms with Crippen molar-refractivity contribution in [2.24, 2.45) is 5.10 Å². The van der Waals surface area contributed by atoms with Crippen LogP contribution in [0.4, 0.5) is 11.5 Å². The maximum atomic E-state index is 13.5. The molecule has 0 aliphatic rings. The summed E-state index contributed by atoms with van der Waals surface area (Å²) in [6.45, 7) is 10.5. The Bertz CT molecular complexity index is 1650. The smallest absolute Gasteiger partial charge is 0.261 e. The normalized spacial score (nSPS) is 12.0. The lowest BCUT2D eigenvalue weighted by Gasteiger charge is -2.18. The summed E-state index contributed by atoms with van der Waals surface area (Å²) in [5.41, 5.74) is 14.0. The first-order chi connectivity index (χ1) is 17.6. The first kappa shape index (κ1) is 24.2. The van der Waals surface area contributed by atoms with Gasteiger partial charge in [0, 0.05) is 5.69 Å². The minimum Gasteiger partial charge on any atom is -0.383 e. The number of hydrogen-bond acceptors (Lipinski definition) is 5. The van der Waals surface area contributed by atoms with Crippen molar-refractivity contribution in [1.29, 1.82) is 0 Å². The molecule has 5 rings (SSSR count). The molecule has 7 heteroatoms. The van der Waals surface area contributed by atoms with Crippen LogP contribution in [-0.4, -0.2) is 26.8 Å². The molecule has 0 atom stereocenters. The molecule has 0 saturated heterocycles. The van der Waals surface area contributed by atoms with Crippen molar-refractivity contribution in [3.8, 4) is 0 Å². The summed E-state index contributed by atoms with van der Waals surface area (Å²) >= 11 is 0. The van der Waals surface area contributed by atoms with Gasteiger partial charge in [-0.3, -0.25) is 4.79 Å². The second-order valence-electron chi connectivity index (χ2n) is 10.4. The van der Waals surface area contributed by atoms with Crippen molar-refractivity contribution in [2.45, 2.75) is 40.0 Å². The Hall–Kier alpha value is -4.52. The van der Waals surface area contributed by atoms with E-state index in [0.29, 0.717) is 27.9 Å². The minimum absolute atomic E-state index is 0.0610. The van der Waals surface area contributed by atoms with Crippen LogP contribution in [0.15, 0.2) is 71.8 Å². The second kappa shape index (κ2) is 9.17. The van der Waals surface area contributed by atoms with Crippen LogP contribution in [0.3, 0.4) is 0 Å². The lowest BCUT2D eigenvalue weighted by Crippen LogP contribution is -2.14. The Kier molecular flexibility index (Phi) is 5.99. The summed E-state index contributed by atoms with van der Waals surface area (Å²) in [6, 6.07) is 21.6. The molecule has 2 aromatic heterocycles. The third-order valence-electron chi connectivity index (χ3n) is 6.28. The lowest BCUT2D eigenvalue weighted by molar-refractivity contribution is 0.102. The van der Waals surface area contributed by atoms with Crippen molar-refractivity contribution in [3.63, 3.8) is 0 Å². The fraction of sp³-hybridized carbons (Fsp3) is 0.200. The van der Waals surface area contributed by atoms with Crippen molar-refractivity contribution >= 4 is 45.8 Å². The molecule has 0 unspecified atom stereocenters. The molecule has 0 spiro atoms. The molecular formula is C30H30N6O. The first-order valence-corrected chi connectivity index (χ1v) is 12.2. The number of nitrogen functional groups attached to an aromatic ring is 1. The van der Waals surface area contributed by atoms with Gasteiger partial charge in [-0.15, -0.1) is 0 Å². The van der Waals surface area contributed by atoms with Gasteiger partial charge in [-0.1, -0.05) is 63.2 Å². The Morgan fingerprint density at radius 3 is 2.19 bits per heavy atom. The van der Waals surface area contributed by atoms with Gasteiger partial charge >= 0.3 is 0 Å². The predicted molar refractivity (Wildman–Crippen MR) is 151 cm³/mol. The van der Waals surface area contributed by atoms with Gasteiger partial charge in [-0.25, -0.2) is 9.97 Å². The Labute approximate surface area is 216 Å². The number of rotatable bonds is 4. The summed E-state index contributed by atoms with van der Waals surface area (Å²) in [7, 11) is 0. The van der Waals surface area contributed by atoms with Gasteiger partial charge in [0.15, 0.2) is 5.65 Å². The number of carbonyl (C=O) groups is 1. The summed E-state index contributed by atoms with van der Waals surface area (Å²) in [5, 5.41) is 7.60. The molecule has 0 saturated carbocycles. The van der Waals surface area contributed by atoms with E-state index < -0.39 is 0 Å². The molecule has 0 bridgehead atoms. The number of para-hydroxylation sites is 2. The van der Waals surface area contributed by atoms with Gasteiger partial charge in [-0.2, -0.15) is 9.78 Å². The number of anilines is 2. The molecule has 0 radical (unpaired) electrons. The lowest BCUT2D eigenvalue weighted by atomic mass is 9.87. The van der Waals surface area contributed by atoms with E-state index in [4.69, 9.17) is 15.7 Å². The van der Waals surface area contributed by atoms with E-state index >= 15 is 0 Å². The van der Waals surface area contributed by atoms with E-state index in [1.165, 1.54) is 10.2 Å². The van der Waals surface area contributed by atoms with E-state index in [2.05, 4.69) is 49.4 Å². The van der Waals surface area contributed by atoms with Gasteiger partial charge < -0.3 is 11.1 Å². The molecule has 0 fully saturated rings. The zero-order valence-corrected chi connectivity index (χ0v) is 21.7. The number of amides is 1.